The van der Waals surface area contributed by atoms with Crippen LogP contribution in [-0.2, 0) is 6.18 Å². The van der Waals surface area contributed by atoms with E-state index in [0.29, 0.717) is 12.4 Å². The minimum atomic E-state index is -4.58. The van der Waals surface area contributed by atoms with Crippen LogP contribution >= 0.6 is 0 Å². The van der Waals surface area contributed by atoms with Gasteiger partial charge in [-0.25, -0.2) is 9.97 Å². The third-order valence-corrected chi connectivity index (χ3v) is 3.53. The summed E-state index contributed by atoms with van der Waals surface area (Å²) < 4.78 is 45.8. The summed E-state index contributed by atoms with van der Waals surface area (Å²) in [5.74, 6) is 0.837. The molecule has 3 aromatic rings. The molecule has 28 heavy (non-hydrogen) atoms. The number of rotatable bonds is 4. The van der Waals surface area contributed by atoms with E-state index in [1.165, 1.54) is 12.4 Å². The molecule has 0 aromatic carbocycles. The molecule has 152 valence electrons. The number of alkyl halides is 3. The van der Waals surface area contributed by atoms with Crippen LogP contribution in [-0.4, -0.2) is 30.9 Å². The van der Waals surface area contributed by atoms with Crippen molar-refractivity contribution in [3.8, 4) is 17.3 Å². The molecule has 0 bridgehead atoms. The van der Waals surface area contributed by atoms with Gasteiger partial charge in [0.1, 0.15) is 17.8 Å². The van der Waals surface area contributed by atoms with Crippen LogP contribution in [0.25, 0.3) is 11.5 Å². The van der Waals surface area contributed by atoms with Crippen molar-refractivity contribution in [1.82, 2.24) is 24.3 Å². The summed E-state index contributed by atoms with van der Waals surface area (Å²) in [6.45, 7) is 6.61. The van der Waals surface area contributed by atoms with Crippen LogP contribution in [0.15, 0.2) is 41.8 Å². The maximum absolute atomic E-state index is 12.7. The van der Waals surface area contributed by atoms with Crippen LogP contribution in [0.3, 0.4) is 0 Å². The predicted molar refractivity (Wildman–Crippen MR) is 98.0 cm³/mol. The molecule has 0 fully saturated rings. The van der Waals surface area contributed by atoms with Crippen LogP contribution < -0.4 is 10.3 Å². The van der Waals surface area contributed by atoms with Gasteiger partial charge in [0.15, 0.2) is 11.5 Å². The number of nitrogens with zero attached hydrogens (tertiary/aromatic N) is 4. The lowest BCUT2D eigenvalue weighted by Crippen LogP contribution is -2.19. The second kappa shape index (κ2) is 7.53. The Morgan fingerprint density at radius 1 is 1.18 bits per heavy atom. The Kier molecular flexibility index (Phi) is 5.72. The molecule has 0 aliphatic carbocycles. The van der Waals surface area contributed by atoms with Gasteiger partial charge < -0.3 is 4.74 Å². The summed E-state index contributed by atoms with van der Waals surface area (Å²) in [4.78, 5) is 19.9. The molecule has 7 nitrogen and oxygen atoms in total. The first-order valence-electron chi connectivity index (χ1n) is 8.06. The molecule has 3 aromatic heterocycles. The number of imidazole rings is 1. The summed E-state index contributed by atoms with van der Waals surface area (Å²) in [6, 6.07) is 3.24. The van der Waals surface area contributed by atoms with Crippen molar-refractivity contribution in [1.29, 1.82) is 0 Å². The molecular formula is C18H22F3N5O2. The Morgan fingerprint density at radius 3 is 2.43 bits per heavy atom. The number of ether oxygens (including phenoxy) is 1. The van der Waals surface area contributed by atoms with E-state index < -0.39 is 17.4 Å². The molecule has 0 spiro atoms. The van der Waals surface area contributed by atoms with E-state index in [-0.39, 0.29) is 24.3 Å². The average Bonchev–Trinajstić information content (AvgIpc) is 3.19. The topological polar surface area (TPSA) is 77.7 Å². The summed E-state index contributed by atoms with van der Waals surface area (Å²) in [7, 11) is 0. The summed E-state index contributed by atoms with van der Waals surface area (Å²) in [5, 5.41) is 2.68. The van der Waals surface area contributed by atoms with Crippen LogP contribution in [0.2, 0.25) is 0 Å². The molecule has 0 radical (unpaired) electrons. The van der Waals surface area contributed by atoms with Gasteiger partial charge in [-0.15, -0.1) is 0 Å². The third kappa shape index (κ3) is 4.62. The molecule has 3 rings (SSSR count). The van der Waals surface area contributed by atoms with Crippen molar-refractivity contribution in [2.75, 3.05) is 6.61 Å². The van der Waals surface area contributed by atoms with Crippen molar-refractivity contribution in [3.05, 3.63) is 53.1 Å². The van der Waals surface area contributed by atoms with E-state index in [1.807, 2.05) is 20.8 Å². The number of aromatic amines is 1. The van der Waals surface area contributed by atoms with Crippen LogP contribution in [0.5, 0.6) is 5.75 Å². The van der Waals surface area contributed by atoms with Crippen molar-refractivity contribution < 1.29 is 17.9 Å². The molecule has 0 aliphatic heterocycles. The van der Waals surface area contributed by atoms with Gasteiger partial charge in [-0.3, -0.25) is 14.5 Å². The van der Waals surface area contributed by atoms with E-state index in [0.717, 1.165) is 21.8 Å². The first-order valence-corrected chi connectivity index (χ1v) is 8.06. The molecular weight excluding hydrogens is 375 g/mol. The molecule has 0 unspecified atom stereocenters. The SMILES string of the molecule is C.CC(C)(C)COc1ccc(-n2[nH]cc(-n3cnc(C(F)(F)F)c3)c2=O)nc1. The molecule has 0 aliphatic rings. The van der Waals surface area contributed by atoms with Gasteiger partial charge in [0.05, 0.1) is 12.8 Å². The molecule has 1 N–H and O–H groups in total. The lowest BCUT2D eigenvalue weighted by molar-refractivity contribution is -0.140. The second-order valence-electron chi connectivity index (χ2n) is 7.16. The van der Waals surface area contributed by atoms with E-state index >= 15 is 0 Å². The predicted octanol–water partition coefficient (Wildman–Crippen LogP) is 3.83. The maximum atomic E-state index is 12.7. The number of hydrogen-bond acceptors (Lipinski definition) is 4. The Labute approximate surface area is 159 Å². The van der Waals surface area contributed by atoms with Gasteiger partial charge in [-0.05, 0) is 17.5 Å². The fourth-order valence-electron chi connectivity index (χ4n) is 2.21. The zero-order chi connectivity index (χ0) is 19.8. The second-order valence-corrected chi connectivity index (χ2v) is 7.16. The quantitative estimate of drug-likeness (QED) is 0.726. The molecule has 0 saturated heterocycles. The van der Waals surface area contributed by atoms with Crippen LogP contribution in [0.1, 0.15) is 33.9 Å². The summed E-state index contributed by atoms with van der Waals surface area (Å²) in [6.07, 6.45) is -0.117. The van der Waals surface area contributed by atoms with Crippen LogP contribution in [0, 0.1) is 5.41 Å². The number of H-pyrrole nitrogens is 1. The fraction of sp³-hybridized carbons (Fsp3) is 0.389. The number of pyridine rings is 1. The highest BCUT2D eigenvalue weighted by molar-refractivity contribution is 5.33. The van der Waals surface area contributed by atoms with E-state index in [4.69, 9.17) is 4.74 Å². The van der Waals surface area contributed by atoms with Crippen molar-refractivity contribution in [3.63, 3.8) is 0 Å². The first-order chi connectivity index (χ1) is 12.5. The van der Waals surface area contributed by atoms with E-state index in [9.17, 15) is 18.0 Å². The number of aromatic nitrogens is 5. The van der Waals surface area contributed by atoms with Gasteiger partial charge in [-0.2, -0.15) is 17.9 Å². The zero-order valence-corrected chi connectivity index (χ0v) is 14.9. The largest absolute Gasteiger partial charge is 0.491 e. The normalized spacial score (nSPS) is 11.9. The third-order valence-electron chi connectivity index (χ3n) is 3.53. The maximum Gasteiger partial charge on any atom is 0.434 e. The van der Waals surface area contributed by atoms with Crippen molar-refractivity contribution >= 4 is 0 Å². The number of nitrogens with one attached hydrogen (secondary N) is 1. The van der Waals surface area contributed by atoms with Gasteiger partial charge in [0, 0.05) is 12.4 Å². The Hall–Kier alpha value is -3.04. The Bertz CT molecular complexity index is 978. The molecule has 0 atom stereocenters. The van der Waals surface area contributed by atoms with Gasteiger partial charge in [0.25, 0.3) is 5.56 Å². The van der Waals surface area contributed by atoms with Gasteiger partial charge in [0.2, 0.25) is 0 Å². The highest BCUT2D eigenvalue weighted by Crippen LogP contribution is 2.27. The molecule has 0 amide bonds. The molecule has 0 saturated carbocycles. The summed E-state index contributed by atoms with van der Waals surface area (Å²) >= 11 is 0. The lowest BCUT2D eigenvalue weighted by Gasteiger charge is -2.18. The average molecular weight is 397 g/mol. The standard InChI is InChI=1S/C17H18F3N5O2.CH4/c1-16(2,3)9-27-11-4-5-14(21-6-11)25-15(26)12(7-23-25)24-8-13(22-10-24)17(18,19)20;/h4-8,10,23H,9H2,1-3H3;1H4. The number of hydrogen-bond donors (Lipinski definition) is 1. The monoisotopic (exact) mass is 397 g/mol. The highest BCUT2D eigenvalue weighted by Gasteiger charge is 2.33. The Balaban J connectivity index is 0.00000280. The Morgan fingerprint density at radius 2 is 1.89 bits per heavy atom. The smallest absolute Gasteiger partial charge is 0.434 e. The van der Waals surface area contributed by atoms with Crippen LogP contribution in [0.4, 0.5) is 13.2 Å². The molecule has 3 heterocycles. The van der Waals surface area contributed by atoms with Crippen molar-refractivity contribution in [2.24, 2.45) is 5.41 Å². The number of halogens is 3. The fourth-order valence-corrected chi connectivity index (χ4v) is 2.21. The summed E-state index contributed by atoms with van der Waals surface area (Å²) in [5.41, 5.74) is -1.65. The van der Waals surface area contributed by atoms with E-state index in [1.54, 1.807) is 12.1 Å². The van der Waals surface area contributed by atoms with E-state index in [2.05, 4.69) is 15.1 Å². The first kappa shape index (κ1) is 21.3. The van der Waals surface area contributed by atoms with Gasteiger partial charge in [-0.1, -0.05) is 28.2 Å². The van der Waals surface area contributed by atoms with Crippen molar-refractivity contribution in [2.45, 2.75) is 34.4 Å². The van der Waals surface area contributed by atoms with Gasteiger partial charge >= 0.3 is 6.18 Å². The molecule has 10 heteroatoms. The zero-order valence-electron chi connectivity index (χ0n) is 14.9. The lowest BCUT2D eigenvalue weighted by atomic mass is 9.99. The minimum Gasteiger partial charge on any atom is -0.491 e. The highest BCUT2D eigenvalue weighted by atomic mass is 19.4. The minimum absolute atomic E-state index is 0.